The Morgan fingerprint density at radius 3 is 2.40 bits per heavy atom. The smallest absolute Gasteiger partial charge is 0.316 e. The van der Waals surface area contributed by atoms with Gasteiger partial charge in [-0.15, -0.1) is 0 Å². The summed E-state index contributed by atoms with van der Waals surface area (Å²) in [5, 5.41) is 0. The number of methoxy groups -OCH3 is 1. The van der Waals surface area contributed by atoms with E-state index in [1.807, 2.05) is 32.0 Å². The Hall–Kier alpha value is -2.82. The number of benzene rings is 2. The highest BCUT2D eigenvalue weighted by atomic mass is 16.5. The largest absolute Gasteiger partial charge is 0.497 e. The fourth-order valence-electron chi connectivity index (χ4n) is 3.05. The van der Waals surface area contributed by atoms with Crippen LogP contribution < -0.4 is 14.4 Å². The molecule has 2 aromatic rings. The van der Waals surface area contributed by atoms with Gasteiger partial charge < -0.3 is 14.4 Å². The highest BCUT2D eigenvalue weighted by Crippen LogP contribution is 2.29. The maximum atomic E-state index is 12.4. The van der Waals surface area contributed by atoms with Gasteiger partial charge in [-0.1, -0.05) is 17.7 Å². The van der Waals surface area contributed by atoms with Crippen LogP contribution in [0.1, 0.15) is 17.5 Å². The minimum Gasteiger partial charge on any atom is -0.497 e. The zero-order valence-corrected chi connectivity index (χ0v) is 14.6. The lowest BCUT2D eigenvalue weighted by Gasteiger charge is -2.19. The monoisotopic (exact) mass is 339 g/mol. The minimum atomic E-state index is -0.463. The first-order valence-electron chi connectivity index (χ1n) is 8.21. The molecule has 130 valence electrons. The Labute approximate surface area is 147 Å². The molecule has 0 saturated carbocycles. The van der Waals surface area contributed by atoms with Crippen LogP contribution in [0, 0.1) is 19.8 Å². The highest BCUT2D eigenvalue weighted by Gasteiger charge is 2.36. The second-order valence-corrected chi connectivity index (χ2v) is 6.29. The summed E-state index contributed by atoms with van der Waals surface area (Å²) in [5.41, 5.74) is 3.02. The molecule has 1 atom stereocenters. The van der Waals surface area contributed by atoms with E-state index in [0.717, 1.165) is 16.8 Å². The molecule has 0 aliphatic carbocycles. The lowest BCUT2D eigenvalue weighted by molar-refractivity contribution is -0.139. The van der Waals surface area contributed by atoms with Crippen molar-refractivity contribution in [2.75, 3.05) is 18.6 Å². The number of ether oxygens (including phenoxy) is 2. The molecule has 1 amide bonds. The third-order valence-electron chi connectivity index (χ3n) is 4.38. The number of anilines is 1. The Balaban J connectivity index is 1.69. The summed E-state index contributed by atoms with van der Waals surface area (Å²) in [5.74, 6) is 0.241. The van der Waals surface area contributed by atoms with Crippen LogP contribution in [0.4, 0.5) is 5.69 Å². The zero-order valence-electron chi connectivity index (χ0n) is 14.6. The van der Waals surface area contributed by atoms with Gasteiger partial charge in [0.05, 0.1) is 13.0 Å². The quantitative estimate of drug-likeness (QED) is 0.634. The van der Waals surface area contributed by atoms with E-state index < -0.39 is 5.92 Å². The van der Waals surface area contributed by atoms with Gasteiger partial charge in [-0.3, -0.25) is 9.59 Å². The normalized spacial score (nSPS) is 16.8. The van der Waals surface area contributed by atoms with Crippen molar-refractivity contribution in [3.63, 3.8) is 0 Å². The third-order valence-corrected chi connectivity index (χ3v) is 4.38. The summed E-state index contributed by atoms with van der Waals surface area (Å²) in [4.78, 5) is 26.4. The van der Waals surface area contributed by atoms with Gasteiger partial charge in [-0.05, 0) is 49.7 Å². The molecular formula is C20H21NO4. The van der Waals surface area contributed by atoms with Crippen molar-refractivity contribution in [3.05, 3.63) is 53.6 Å². The van der Waals surface area contributed by atoms with Crippen molar-refractivity contribution < 1.29 is 19.1 Å². The molecule has 1 aliphatic heterocycles. The Morgan fingerprint density at radius 2 is 1.76 bits per heavy atom. The lowest BCUT2D eigenvalue weighted by atomic mass is 10.1. The van der Waals surface area contributed by atoms with E-state index in [4.69, 9.17) is 9.47 Å². The van der Waals surface area contributed by atoms with E-state index in [1.54, 1.807) is 36.3 Å². The van der Waals surface area contributed by atoms with E-state index in [-0.39, 0.29) is 18.3 Å². The summed E-state index contributed by atoms with van der Waals surface area (Å²) in [7, 11) is 1.58. The fourth-order valence-corrected chi connectivity index (χ4v) is 3.05. The summed E-state index contributed by atoms with van der Waals surface area (Å²) < 4.78 is 10.5. The number of amides is 1. The minimum absolute atomic E-state index is 0.0522. The van der Waals surface area contributed by atoms with Crippen molar-refractivity contribution in [1.29, 1.82) is 0 Å². The number of esters is 1. The zero-order chi connectivity index (χ0) is 18.0. The molecule has 0 bridgehead atoms. The van der Waals surface area contributed by atoms with Gasteiger partial charge in [0.25, 0.3) is 0 Å². The van der Waals surface area contributed by atoms with E-state index in [9.17, 15) is 9.59 Å². The average molecular weight is 339 g/mol. The summed E-state index contributed by atoms with van der Waals surface area (Å²) in [6.07, 6.45) is 0.169. The fraction of sp³-hybridized carbons (Fsp3) is 0.300. The number of hydrogen-bond donors (Lipinski definition) is 0. The van der Waals surface area contributed by atoms with Crippen LogP contribution in [0.2, 0.25) is 0 Å². The van der Waals surface area contributed by atoms with E-state index >= 15 is 0 Å². The molecule has 0 unspecified atom stereocenters. The second-order valence-electron chi connectivity index (χ2n) is 6.29. The summed E-state index contributed by atoms with van der Waals surface area (Å²) in [6.45, 7) is 4.33. The average Bonchev–Trinajstić information content (AvgIpc) is 2.97. The Kier molecular flexibility index (Phi) is 4.74. The Bertz CT molecular complexity index is 798. The second kappa shape index (κ2) is 6.97. The Morgan fingerprint density at radius 1 is 1.08 bits per heavy atom. The van der Waals surface area contributed by atoms with Gasteiger partial charge in [-0.2, -0.15) is 0 Å². The first-order valence-corrected chi connectivity index (χ1v) is 8.21. The van der Waals surface area contributed by atoms with E-state index in [0.29, 0.717) is 18.0 Å². The van der Waals surface area contributed by atoms with Crippen molar-refractivity contribution in [3.8, 4) is 11.5 Å². The number of hydrogen-bond acceptors (Lipinski definition) is 4. The predicted octanol–water partition coefficient (Wildman–Crippen LogP) is 3.27. The van der Waals surface area contributed by atoms with E-state index in [1.165, 1.54) is 0 Å². The topological polar surface area (TPSA) is 55.8 Å². The number of rotatable bonds is 4. The van der Waals surface area contributed by atoms with Gasteiger partial charge in [0.15, 0.2) is 0 Å². The lowest BCUT2D eigenvalue weighted by Crippen LogP contribution is -2.27. The van der Waals surface area contributed by atoms with Crippen molar-refractivity contribution in [2.24, 2.45) is 5.92 Å². The first kappa shape index (κ1) is 17.0. The van der Waals surface area contributed by atoms with Crippen LogP contribution in [0.25, 0.3) is 0 Å². The molecule has 0 N–H and O–H groups in total. The molecule has 1 heterocycles. The number of carbonyl (C=O) groups is 2. The van der Waals surface area contributed by atoms with Gasteiger partial charge >= 0.3 is 5.97 Å². The number of aryl methyl sites for hydroxylation is 2. The molecule has 5 nitrogen and oxygen atoms in total. The number of nitrogens with zero attached hydrogens (tertiary/aromatic N) is 1. The van der Waals surface area contributed by atoms with E-state index in [2.05, 4.69) is 0 Å². The molecular weight excluding hydrogens is 318 g/mol. The molecule has 1 aliphatic rings. The third kappa shape index (κ3) is 3.65. The standard InChI is InChI=1S/C20H21NO4/c1-13-4-9-18(14(2)10-13)21-12-15(11-19(21)22)20(23)25-17-7-5-16(24-3)6-8-17/h4-10,15H,11-12H2,1-3H3/t15-/m0/s1. The van der Waals surface area contributed by atoms with Crippen LogP contribution in [0.5, 0.6) is 11.5 Å². The maximum absolute atomic E-state index is 12.4. The van der Waals surface area contributed by atoms with Crippen LogP contribution in [0.15, 0.2) is 42.5 Å². The van der Waals surface area contributed by atoms with Gasteiger partial charge in [0.1, 0.15) is 11.5 Å². The molecule has 0 aromatic heterocycles. The van der Waals surface area contributed by atoms with Crippen molar-refractivity contribution >= 4 is 17.6 Å². The van der Waals surface area contributed by atoms with Gasteiger partial charge in [-0.25, -0.2) is 0 Å². The molecule has 3 rings (SSSR count). The van der Waals surface area contributed by atoms with Crippen LogP contribution in [0.3, 0.4) is 0 Å². The summed E-state index contributed by atoms with van der Waals surface area (Å²) >= 11 is 0. The molecule has 1 fully saturated rings. The summed E-state index contributed by atoms with van der Waals surface area (Å²) in [6, 6.07) is 12.7. The van der Waals surface area contributed by atoms with Crippen molar-refractivity contribution in [2.45, 2.75) is 20.3 Å². The predicted molar refractivity (Wildman–Crippen MR) is 95.0 cm³/mol. The molecule has 0 spiro atoms. The van der Waals surface area contributed by atoms with Crippen LogP contribution in [-0.4, -0.2) is 25.5 Å². The molecule has 5 heteroatoms. The van der Waals surface area contributed by atoms with Gasteiger partial charge in [0.2, 0.25) is 5.91 Å². The first-order chi connectivity index (χ1) is 12.0. The molecule has 0 radical (unpaired) electrons. The van der Waals surface area contributed by atoms with Crippen LogP contribution >= 0.6 is 0 Å². The SMILES string of the molecule is COc1ccc(OC(=O)[C@H]2CC(=O)N(c3ccc(C)cc3C)C2)cc1. The van der Waals surface area contributed by atoms with Gasteiger partial charge in [0, 0.05) is 18.7 Å². The number of carbonyl (C=O) groups excluding carboxylic acids is 2. The molecule has 2 aromatic carbocycles. The molecule has 1 saturated heterocycles. The maximum Gasteiger partial charge on any atom is 0.316 e. The van der Waals surface area contributed by atoms with Crippen molar-refractivity contribution in [1.82, 2.24) is 0 Å². The van der Waals surface area contributed by atoms with Crippen LogP contribution in [-0.2, 0) is 9.59 Å². The highest BCUT2D eigenvalue weighted by molar-refractivity contribution is 6.00. The molecule has 25 heavy (non-hydrogen) atoms.